The van der Waals surface area contributed by atoms with E-state index in [0.29, 0.717) is 22.2 Å². The van der Waals surface area contributed by atoms with Crippen LogP contribution in [-0.2, 0) is 17.7 Å². The minimum atomic E-state index is -0.394. The molecule has 5 nitrogen and oxygen atoms in total. The number of fused-ring (bicyclic) bond motifs is 2. The van der Waals surface area contributed by atoms with Gasteiger partial charge in [-0.1, -0.05) is 30.3 Å². The quantitative estimate of drug-likeness (QED) is 0.636. The number of anilines is 1. The Bertz CT molecular complexity index is 1090. The molecule has 2 heterocycles. The number of rotatable bonds is 4. The molecule has 1 aliphatic heterocycles. The highest BCUT2D eigenvalue weighted by molar-refractivity contribution is 7.17. The van der Waals surface area contributed by atoms with Crippen molar-refractivity contribution in [3.05, 3.63) is 64.0 Å². The van der Waals surface area contributed by atoms with Gasteiger partial charge in [-0.15, -0.1) is 11.3 Å². The smallest absolute Gasteiger partial charge is 0.341 e. The van der Waals surface area contributed by atoms with E-state index in [2.05, 4.69) is 24.1 Å². The molecule has 3 aromatic rings. The van der Waals surface area contributed by atoms with Crippen LogP contribution in [0.3, 0.4) is 0 Å². The molecule has 2 aromatic carbocycles. The number of hydrogen-bond donors (Lipinski definition) is 1. The van der Waals surface area contributed by atoms with Gasteiger partial charge in [-0.3, -0.25) is 9.69 Å². The van der Waals surface area contributed by atoms with Crippen molar-refractivity contribution in [2.45, 2.75) is 32.9 Å². The molecule has 1 N–H and O–H groups in total. The van der Waals surface area contributed by atoms with Gasteiger partial charge in [0.05, 0.1) is 12.7 Å². The summed E-state index contributed by atoms with van der Waals surface area (Å²) < 4.78 is 5.02. The van der Waals surface area contributed by atoms with Gasteiger partial charge in [0.2, 0.25) is 0 Å². The fraction of sp³-hybridized carbons (Fsp3) is 0.304. The summed E-state index contributed by atoms with van der Waals surface area (Å²) in [5, 5.41) is 5.63. The van der Waals surface area contributed by atoms with Gasteiger partial charge in [-0.05, 0) is 48.7 Å². The third-order valence-electron chi connectivity index (χ3n) is 5.44. The predicted molar refractivity (Wildman–Crippen MR) is 117 cm³/mol. The zero-order chi connectivity index (χ0) is 20.5. The maximum absolute atomic E-state index is 12.9. The van der Waals surface area contributed by atoms with Gasteiger partial charge >= 0.3 is 5.97 Å². The van der Waals surface area contributed by atoms with Gasteiger partial charge in [0.1, 0.15) is 5.00 Å². The highest BCUT2D eigenvalue weighted by atomic mass is 32.1. The Labute approximate surface area is 174 Å². The van der Waals surface area contributed by atoms with Crippen molar-refractivity contribution in [2.75, 3.05) is 19.0 Å². The number of ether oxygens (including phenoxy) is 1. The van der Waals surface area contributed by atoms with Crippen molar-refractivity contribution in [1.82, 2.24) is 4.90 Å². The Morgan fingerprint density at radius 1 is 1.14 bits per heavy atom. The zero-order valence-electron chi connectivity index (χ0n) is 16.8. The molecule has 0 saturated heterocycles. The van der Waals surface area contributed by atoms with Gasteiger partial charge in [0.25, 0.3) is 5.91 Å². The van der Waals surface area contributed by atoms with E-state index in [1.807, 2.05) is 42.5 Å². The zero-order valence-corrected chi connectivity index (χ0v) is 17.6. The average molecular weight is 409 g/mol. The monoisotopic (exact) mass is 408 g/mol. The third-order valence-corrected chi connectivity index (χ3v) is 6.58. The van der Waals surface area contributed by atoms with E-state index in [9.17, 15) is 9.59 Å². The van der Waals surface area contributed by atoms with Crippen molar-refractivity contribution in [3.8, 4) is 0 Å². The normalized spacial score (nSPS) is 14.1. The molecule has 4 rings (SSSR count). The Hall–Kier alpha value is -2.70. The highest BCUT2D eigenvalue weighted by Crippen LogP contribution is 2.38. The van der Waals surface area contributed by atoms with Crippen molar-refractivity contribution >= 4 is 39.0 Å². The summed E-state index contributed by atoms with van der Waals surface area (Å²) in [5.41, 5.74) is 2.08. The molecule has 0 bridgehead atoms. The summed E-state index contributed by atoms with van der Waals surface area (Å²) in [6, 6.07) is 14.0. The predicted octanol–water partition coefficient (Wildman–Crippen LogP) is 4.71. The molecule has 0 spiro atoms. The molecule has 1 aliphatic rings. The molecular weight excluding hydrogens is 384 g/mol. The summed E-state index contributed by atoms with van der Waals surface area (Å²) in [6.45, 7) is 6.02. The van der Waals surface area contributed by atoms with E-state index < -0.39 is 5.97 Å². The second-order valence-corrected chi connectivity index (χ2v) is 8.63. The van der Waals surface area contributed by atoms with Crippen LogP contribution < -0.4 is 5.32 Å². The summed E-state index contributed by atoms with van der Waals surface area (Å²) in [7, 11) is 1.38. The summed E-state index contributed by atoms with van der Waals surface area (Å²) in [6.07, 6.45) is 0.778. The van der Waals surface area contributed by atoms with Crippen LogP contribution in [0.15, 0.2) is 42.5 Å². The van der Waals surface area contributed by atoms with Crippen LogP contribution in [0.2, 0.25) is 0 Å². The minimum absolute atomic E-state index is 0.222. The van der Waals surface area contributed by atoms with Crippen molar-refractivity contribution in [1.29, 1.82) is 0 Å². The van der Waals surface area contributed by atoms with Crippen molar-refractivity contribution in [2.24, 2.45) is 0 Å². The van der Waals surface area contributed by atoms with E-state index in [1.54, 1.807) is 0 Å². The fourth-order valence-electron chi connectivity index (χ4n) is 3.78. The largest absolute Gasteiger partial charge is 0.465 e. The van der Waals surface area contributed by atoms with E-state index >= 15 is 0 Å². The molecule has 1 amide bonds. The van der Waals surface area contributed by atoms with Crippen LogP contribution in [0.25, 0.3) is 10.8 Å². The SMILES string of the molecule is COC(=O)c1c(NC(=O)c2ccc3ccccc3c2)sc2c1CCN(C(C)C)C2. The van der Waals surface area contributed by atoms with Crippen LogP contribution >= 0.6 is 11.3 Å². The maximum atomic E-state index is 12.9. The van der Waals surface area contributed by atoms with Crippen molar-refractivity contribution < 1.29 is 14.3 Å². The minimum Gasteiger partial charge on any atom is -0.465 e. The molecule has 29 heavy (non-hydrogen) atoms. The van der Waals surface area contributed by atoms with Gasteiger partial charge in [0, 0.05) is 29.6 Å². The average Bonchev–Trinajstić information content (AvgIpc) is 3.09. The number of methoxy groups -OCH3 is 1. The summed E-state index contributed by atoms with van der Waals surface area (Å²) in [5.74, 6) is -0.616. The molecule has 0 radical (unpaired) electrons. The lowest BCUT2D eigenvalue weighted by molar-refractivity contribution is 0.0600. The first-order chi connectivity index (χ1) is 14.0. The molecule has 0 unspecified atom stereocenters. The van der Waals surface area contributed by atoms with Crippen LogP contribution in [0.1, 0.15) is 45.0 Å². The second kappa shape index (κ2) is 7.97. The van der Waals surface area contributed by atoms with Gasteiger partial charge in [-0.2, -0.15) is 0 Å². The molecule has 0 saturated carbocycles. The third kappa shape index (κ3) is 3.78. The Balaban J connectivity index is 1.66. The first kappa shape index (κ1) is 19.6. The molecule has 150 valence electrons. The molecule has 0 atom stereocenters. The van der Waals surface area contributed by atoms with E-state index in [0.717, 1.165) is 40.7 Å². The van der Waals surface area contributed by atoms with E-state index in [-0.39, 0.29) is 5.91 Å². The number of benzene rings is 2. The van der Waals surface area contributed by atoms with E-state index in [4.69, 9.17) is 4.74 Å². The lowest BCUT2D eigenvalue weighted by atomic mass is 10.0. The molecule has 1 aromatic heterocycles. The summed E-state index contributed by atoms with van der Waals surface area (Å²) >= 11 is 1.48. The van der Waals surface area contributed by atoms with Gasteiger partial charge in [-0.25, -0.2) is 4.79 Å². The first-order valence-electron chi connectivity index (χ1n) is 9.75. The van der Waals surface area contributed by atoms with Crippen LogP contribution in [0.4, 0.5) is 5.00 Å². The topological polar surface area (TPSA) is 58.6 Å². The lowest BCUT2D eigenvalue weighted by Gasteiger charge is -2.30. The Kier molecular flexibility index (Phi) is 5.39. The molecule has 0 fully saturated rings. The van der Waals surface area contributed by atoms with Crippen LogP contribution in [0, 0.1) is 0 Å². The highest BCUT2D eigenvalue weighted by Gasteiger charge is 2.30. The molecular formula is C23H24N2O3S. The number of carbonyl (C=O) groups is 2. The molecule has 0 aliphatic carbocycles. The molecule has 6 heteroatoms. The number of carbonyl (C=O) groups excluding carboxylic acids is 2. The number of nitrogens with one attached hydrogen (secondary N) is 1. The van der Waals surface area contributed by atoms with Crippen LogP contribution in [0.5, 0.6) is 0 Å². The van der Waals surface area contributed by atoms with Gasteiger partial charge in [0.15, 0.2) is 0 Å². The summed E-state index contributed by atoms with van der Waals surface area (Å²) in [4.78, 5) is 28.9. The number of amides is 1. The van der Waals surface area contributed by atoms with Gasteiger partial charge < -0.3 is 10.1 Å². The maximum Gasteiger partial charge on any atom is 0.341 e. The number of esters is 1. The Morgan fingerprint density at radius 3 is 2.62 bits per heavy atom. The number of thiophene rings is 1. The van der Waals surface area contributed by atoms with Crippen LogP contribution in [-0.4, -0.2) is 36.5 Å². The number of hydrogen-bond acceptors (Lipinski definition) is 5. The number of nitrogens with zero attached hydrogens (tertiary/aromatic N) is 1. The fourth-order valence-corrected chi connectivity index (χ4v) is 5.03. The lowest BCUT2D eigenvalue weighted by Crippen LogP contribution is -2.35. The Morgan fingerprint density at radius 2 is 1.90 bits per heavy atom. The first-order valence-corrected chi connectivity index (χ1v) is 10.6. The van der Waals surface area contributed by atoms with Crippen molar-refractivity contribution in [3.63, 3.8) is 0 Å². The second-order valence-electron chi connectivity index (χ2n) is 7.53. The standard InChI is InChI=1S/C23H24N2O3S/c1-14(2)25-11-10-18-19(13-25)29-22(20(18)23(27)28-3)24-21(26)17-9-8-15-6-4-5-7-16(15)12-17/h4-9,12,14H,10-11,13H2,1-3H3,(H,24,26). The van der Waals surface area contributed by atoms with E-state index in [1.165, 1.54) is 18.4 Å².